The number of hydrogen-bond donors (Lipinski definition) is 0. The molecule has 0 aliphatic rings. The maximum atomic E-state index is 10.0. The van der Waals surface area contributed by atoms with E-state index >= 15 is 0 Å². The zero-order valence-corrected chi connectivity index (χ0v) is 21.3. The number of nitrogens with zero attached hydrogens (tertiary/aromatic N) is 1. The highest BCUT2D eigenvalue weighted by molar-refractivity contribution is 7.81. The smallest absolute Gasteiger partial charge is 0.0786 e. The summed E-state index contributed by atoms with van der Waals surface area (Å²) in [5, 5.41) is 11.6. The van der Waals surface area contributed by atoms with Gasteiger partial charge < -0.3 is 14.4 Å². The first-order valence-electron chi connectivity index (χ1n) is 11.9. The van der Waals surface area contributed by atoms with Crippen molar-refractivity contribution in [3.8, 4) is 0 Å². The summed E-state index contributed by atoms with van der Waals surface area (Å²) in [4.78, 5) is 10.9. The van der Waals surface area contributed by atoms with Crippen LogP contribution in [0.2, 0.25) is 0 Å². The lowest BCUT2D eigenvalue weighted by Crippen LogP contribution is -2.50. The fourth-order valence-corrected chi connectivity index (χ4v) is 3.97. The van der Waals surface area contributed by atoms with Gasteiger partial charge in [-0.1, -0.05) is 77.8 Å². The number of quaternary nitrogens is 1. The quantitative estimate of drug-likeness (QED) is 0.138. The third kappa shape index (κ3) is 20.7. The third-order valence-electron chi connectivity index (χ3n) is 5.34. The van der Waals surface area contributed by atoms with Crippen molar-refractivity contribution in [2.24, 2.45) is 0 Å². The molecule has 5 heteroatoms. The topological polar surface area (TPSA) is 40.1 Å². The minimum atomic E-state index is -0.990. The lowest BCUT2D eigenvalue weighted by Gasteiger charge is -2.39. The van der Waals surface area contributed by atoms with Gasteiger partial charge in [-0.05, 0) is 61.6 Å². The Labute approximate surface area is 192 Å². The van der Waals surface area contributed by atoms with Crippen molar-refractivity contribution in [2.45, 2.75) is 111 Å². The van der Waals surface area contributed by atoms with Crippen LogP contribution in [0, 0.1) is 0 Å². The minimum absolute atomic E-state index is 0.125. The second kappa shape index (κ2) is 22.3. The van der Waals surface area contributed by atoms with Crippen molar-refractivity contribution >= 4 is 40.6 Å². The first kappa shape index (κ1) is 30.8. The van der Waals surface area contributed by atoms with Gasteiger partial charge in [-0.2, -0.15) is 0 Å². The SMILES string of the molecule is CCCC[N+](CCCC)(CCCC)CCCC.O=C([O-])CCCCC(=S)CC=S. The highest BCUT2D eigenvalue weighted by Crippen LogP contribution is 2.16. The first-order chi connectivity index (χ1) is 13.9. The molecule has 0 atom stereocenters. The molecule has 172 valence electrons. The molecule has 0 aliphatic heterocycles. The van der Waals surface area contributed by atoms with Gasteiger partial charge in [0.2, 0.25) is 0 Å². The predicted octanol–water partition coefficient (Wildman–Crippen LogP) is 6.06. The fraction of sp³-hybridized carbons (Fsp3) is 0.875. The van der Waals surface area contributed by atoms with Crippen molar-refractivity contribution in [1.82, 2.24) is 0 Å². The molecular weight excluding hydrogens is 398 g/mol. The summed E-state index contributed by atoms with van der Waals surface area (Å²) in [6.07, 6.45) is 14.1. The van der Waals surface area contributed by atoms with Crippen LogP contribution in [0.15, 0.2) is 0 Å². The van der Waals surface area contributed by atoms with E-state index in [-0.39, 0.29) is 6.42 Å². The van der Waals surface area contributed by atoms with Gasteiger partial charge in [0.05, 0.1) is 26.2 Å². The molecule has 0 unspecified atom stereocenters. The van der Waals surface area contributed by atoms with Crippen molar-refractivity contribution < 1.29 is 14.4 Å². The molecule has 0 radical (unpaired) electrons. The maximum Gasteiger partial charge on any atom is 0.0786 e. The second-order valence-corrected chi connectivity index (χ2v) is 9.05. The molecule has 29 heavy (non-hydrogen) atoms. The Morgan fingerprint density at radius 3 is 1.45 bits per heavy atom. The Morgan fingerprint density at radius 2 is 1.14 bits per heavy atom. The lowest BCUT2D eigenvalue weighted by molar-refractivity contribution is -0.929. The third-order valence-corrected chi connectivity index (χ3v) is 5.88. The van der Waals surface area contributed by atoms with Gasteiger partial charge in [0.1, 0.15) is 0 Å². The average molecular weight is 446 g/mol. The summed E-state index contributed by atoms with van der Waals surface area (Å²) in [6, 6.07) is 0. The normalized spacial score (nSPS) is 10.9. The van der Waals surface area contributed by atoms with Crippen molar-refractivity contribution in [3.05, 3.63) is 0 Å². The van der Waals surface area contributed by atoms with Crippen LogP contribution in [0.3, 0.4) is 0 Å². The molecule has 0 amide bonds. The zero-order chi connectivity index (χ0) is 22.4. The van der Waals surface area contributed by atoms with Crippen LogP contribution >= 0.6 is 24.4 Å². The van der Waals surface area contributed by atoms with Crippen LogP contribution in [-0.4, -0.2) is 46.9 Å². The Balaban J connectivity index is 0. The molecule has 0 aromatic heterocycles. The van der Waals surface area contributed by atoms with Crippen LogP contribution in [-0.2, 0) is 4.79 Å². The minimum Gasteiger partial charge on any atom is -0.550 e. The number of thiocarbonyl (C=S) groups is 2. The molecule has 0 aliphatic carbocycles. The van der Waals surface area contributed by atoms with Gasteiger partial charge in [-0.3, -0.25) is 0 Å². The second-order valence-electron chi connectivity index (χ2n) is 8.14. The number of carboxylic acid groups (broad SMARTS) is 1. The highest BCUT2D eigenvalue weighted by Gasteiger charge is 2.24. The number of carboxylic acids is 1. The summed E-state index contributed by atoms with van der Waals surface area (Å²) in [7, 11) is 0. The van der Waals surface area contributed by atoms with Crippen molar-refractivity contribution in [3.63, 3.8) is 0 Å². The van der Waals surface area contributed by atoms with E-state index in [0.717, 1.165) is 17.7 Å². The molecule has 0 N–H and O–H groups in total. The number of unbranched alkanes of at least 4 members (excludes halogenated alkanes) is 5. The van der Waals surface area contributed by atoms with Crippen LogP contribution in [0.1, 0.15) is 111 Å². The molecule has 0 heterocycles. The predicted molar refractivity (Wildman–Crippen MR) is 134 cm³/mol. The number of carbonyl (C=O) groups excluding carboxylic acids is 1. The largest absolute Gasteiger partial charge is 0.550 e. The summed E-state index contributed by atoms with van der Waals surface area (Å²) >= 11 is 9.60. The van der Waals surface area contributed by atoms with Gasteiger partial charge in [0.15, 0.2) is 0 Å². The average Bonchev–Trinajstić information content (AvgIpc) is 2.71. The summed E-state index contributed by atoms with van der Waals surface area (Å²) in [5.41, 5.74) is 0. The summed E-state index contributed by atoms with van der Waals surface area (Å²) < 4.78 is 1.42. The number of hydrogen-bond acceptors (Lipinski definition) is 4. The molecule has 0 fully saturated rings. The molecule has 0 saturated heterocycles. The number of aliphatic carboxylic acids is 1. The van der Waals surface area contributed by atoms with E-state index in [1.165, 1.54) is 82.0 Å². The lowest BCUT2D eigenvalue weighted by atomic mass is 10.1. The van der Waals surface area contributed by atoms with Gasteiger partial charge in [0.25, 0.3) is 0 Å². The zero-order valence-electron chi connectivity index (χ0n) is 19.7. The monoisotopic (exact) mass is 445 g/mol. The maximum absolute atomic E-state index is 10.0. The molecule has 0 spiro atoms. The molecule has 0 aromatic rings. The fourth-order valence-electron chi connectivity index (χ4n) is 3.43. The van der Waals surface area contributed by atoms with Crippen LogP contribution in [0.4, 0.5) is 0 Å². The molecule has 0 saturated carbocycles. The molecule has 0 rings (SSSR count). The molecular formula is C24H47NO2S2. The van der Waals surface area contributed by atoms with Crippen LogP contribution in [0.5, 0.6) is 0 Å². The van der Waals surface area contributed by atoms with Crippen LogP contribution in [0.25, 0.3) is 0 Å². The van der Waals surface area contributed by atoms with Crippen molar-refractivity contribution in [2.75, 3.05) is 26.2 Å². The molecule has 3 nitrogen and oxygen atoms in total. The van der Waals surface area contributed by atoms with E-state index in [9.17, 15) is 9.90 Å². The van der Waals surface area contributed by atoms with Crippen molar-refractivity contribution in [1.29, 1.82) is 0 Å². The van der Waals surface area contributed by atoms with E-state index in [1.807, 2.05) is 0 Å². The van der Waals surface area contributed by atoms with E-state index in [1.54, 1.807) is 5.37 Å². The first-order valence-corrected chi connectivity index (χ1v) is 12.8. The van der Waals surface area contributed by atoms with E-state index in [0.29, 0.717) is 12.8 Å². The van der Waals surface area contributed by atoms with Gasteiger partial charge >= 0.3 is 0 Å². The standard InChI is InChI=1S/C16H36N.C8H12O2S2/c1-5-9-13-17(14-10-6-2,15-11-7-3)16-12-8-4;9-8(10)4-2-1-3-7(12)5-6-11/h5-16H2,1-4H3;6H,1-5H2,(H,9,10)/q+1;/p-1. The highest BCUT2D eigenvalue weighted by atomic mass is 32.1. The molecule has 0 aromatic carbocycles. The Morgan fingerprint density at radius 1 is 0.759 bits per heavy atom. The van der Waals surface area contributed by atoms with Gasteiger partial charge in [-0.15, -0.1) is 0 Å². The van der Waals surface area contributed by atoms with Gasteiger partial charge in [0, 0.05) is 12.4 Å². The van der Waals surface area contributed by atoms with Crippen LogP contribution < -0.4 is 5.11 Å². The Hall–Kier alpha value is -0.390. The summed E-state index contributed by atoms with van der Waals surface area (Å²) in [6.45, 7) is 15.0. The van der Waals surface area contributed by atoms with Gasteiger partial charge in [-0.25, -0.2) is 0 Å². The Kier molecular flexibility index (Phi) is 23.7. The van der Waals surface area contributed by atoms with E-state index in [4.69, 9.17) is 12.2 Å². The number of carbonyl (C=O) groups is 1. The summed E-state index contributed by atoms with van der Waals surface area (Å²) in [5.74, 6) is -0.990. The van der Waals surface area contributed by atoms with E-state index in [2.05, 4.69) is 39.9 Å². The molecule has 0 bridgehead atoms. The van der Waals surface area contributed by atoms with E-state index < -0.39 is 5.97 Å². The Bertz CT molecular complexity index is 376. The number of rotatable bonds is 19.